The fraction of sp³-hybridized carbons (Fsp3) is 0.440. The second kappa shape index (κ2) is 9.53. The minimum absolute atomic E-state index is 0.185. The number of rotatable bonds is 6. The summed E-state index contributed by atoms with van der Waals surface area (Å²) in [5.74, 6) is -0.470. The van der Waals surface area contributed by atoms with Crippen molar-refractivity contribution in [3.05, 3.63) is 53.3 Å². The first-order valence-corrected chi connectivity index (χ1v) is 11.9. The van der Waals surface area contributed by atoms with Gasteiger partial charge in [0.2, 0.25) is 11.8 Å². The molecule has 1 aliphatic rings. The van der Waals surface area contributed by atoms with Crippen molar-refractivity contribution in [1.82, 2.24) is 30.0 Å². The van der Waals surface area contributed by atoms with E-state index in [-0.39, 0.29) is 11.4 Å². The Labute approximate surface area is 206 Å². The predicted molar refractivity (Wildman–Crippen MR) is 129 cm³/mol. The van der Waals surface area contributed by atoms with Crippen LogP contribution in [-0.4, -0.2) is 44.3 Å². The summed E-state index contributed by atoms with van der Waals surface area (Å²) >= 11 is 0. The van der Waals surface area contributed by atoms with Crippen molar-refractivity contribution in [3.8, 4) is 11.4 Å². The van der Waals surface area contributed by atoms with E-state index in [0.29, 0.717) is 11.9 Å². The Morgan fingerprint density at radius 1 is 1.11 bits per heavy atom. The molecule has 0 atom stereocenters. The molecule has 0 spiro atoms. The molecule has 1 aromatic carbocycles. The van der Waals surface area contributed by atoms with Crippen molar-refractivity contribution in [2.24, 2.45) is 13.0 Å². The van der Waals surface area contributed by atoms with Gasteiger partial charge in [-0.15, -0.1) is 0 Å². The van der Waals surface area contributed by atoms with Gasteiger partial charge in [0.1, 0.15) is 0 Å². The van der Waals surface area contributed by atoms with Gasteiger partial charge in [-0.2, -0.15) is 18.2 Å². The number of aromatic nitrogens is 5. The molecule has 4 heterocycles. The lowest BCUT2D eigenvalue weighted by molar-refractivity contribution is -0.159. The largest absolute Gasteiger partial charge is 0.471 e. The second-order valence-electron chi connectivity index (χ2n) is 9.40. The average molecular weight is 500 g/mol. The molecule has 0 radical (unpaired) electrons. The van der Waals surface area contributed by atoms with E-state index in [9.17, 15) is 13.2 Å². The summed E-state index contributed by atoms with van der Waals surface area (Å²) in [6, 6.07) is 6.60. The van der Waals surface area contributed by atoms with Gasteiger partial charge in [0.25, 0.3) is 0 Å². The van der Waals surface area contributed by atoms with Crippen molar-refractivity contribution in [2.45, 2.75) is 39.4 Å². The molecular formula is C25H28F3N7O. The molecule has 8 nitrogen and oxygen atoms in total. The van der Waals surface area contributed by atoms with E-state index in [2.05, 4.69) is 78.5 Å². The lowest BCUT2D eigenvalue weighted by atomic mass is 9.97. The number of piperidine rings is 1. The van der Waals surface area contributed by atoms with Crippen molar-refractivity contribution >= 4 is 16.9 Å². The van der Waals surface area contributed by atoms with Crippen LogP contribution in [0.2, 0.25) is 0 Å². The predicted octanol–water partition coefficient (Wildman–Crippen LogP) is 4.66. The Morgan fingerprint density at radius 3 is 2.50 bits per heavy atom. The maximum absolute atomic E-state index is 12.7. The van der Waals surface area contributed by atoms with Crippen LogP contribution in [0.3, 0.4) is 0 Å². The van der Waals surface area contributed by atoms with E-state index in [0.717, 1.165) is 39.0 Å². The molecule has 0 amide bonds. The number of fused-ring (bicyclic) bond motifs is 1. The molecule has 5 rings (SSSR count). The van der Waals surface area contributed by atoms with E-state index in [4.69, 9.17) is 0 Å². The molecule has 4 aromatic rings. The molecule has 1 aliphatic heterocycles. The first kappa shape index (κ1) is 24.2. The van der Waals surface area contributed by atoms with Gasteiger partial charge < -0.3 is 19.3 Å². The Kier molecular flexibility index (Phi) is 6.42. The number of aryl methyl sites for hydroxylation is 2. The molecule has 0 unspecified atom stereocenters. The molecule has 1 saturated heterocycles. The number of anilines is 1. The normalized spacial score (nSPS) is 15.2. The van der Waals surface area contributed by atoms with Crippen molar-refractivity contribution in [2.75, 3.05) is 24.5 Å². The number of hydrogen-bond acceptors (Lipinski definition) is 7. The summed E-state index contributed by atoms with van der Waals surface area (Å²) in [6.45, 7) is 7.71. The zero-order chi connectivity index (χ0) is 25.4. The summed E-state index contributed by atoms with van der Waals surface area (Å²) in [7, 11) is 2.11. The van der Waals surface area contributed by atoms with Gasteiger partial charge in [-0.05, 0) is 56.8 Å². The Balaban J connectivity index is 1.14. The zero-order valence-electron chi connectivity index (χ0n) is 20.4. The quantitative estimate of drug-likeness (QED) is 0.413. The lowest BCUT2D eigenvalue weighted by Gasteiger charge is -2.32. The molecule has 0 bridgehead atoms. The highest BCUT2D eigenvalue weighted by atomic mass is 19.4. The SMILES string of the molecule is Cc1ccc2c(c1)c(CNCC1CCN(c3ncc(-c4noc(C(F)(F)F)n4)cn3)CC1)c(C)n2C. The maximum Gasteiger partial charge on any atom is 0.471 e. The number of hydrogen-bond donors (Lipinski definition) is 1. The van der Waals surface area contributed by atoms with E-state index in [1.54, 1.807) is 0 Å². The molecule has 36 heavy (non-hydrogen) atoms. The van der Waals surface area contributed by atoms with E-state index >= 15 is 0 Å². The lowest BCUT2D eigenvalue weighted by Crippen LogP contribution is -2.38. The van der Waals surface area contributed by atoms with Crippen LogP contribution in [0.5, 0.6) is 0 Å². The van der Waals surface area contributed by atoms with Crippen LogP contribution in [0.4, 0.5) is 19.1 Å². The van der Waals surface area contributed by atoms with Crippen molar-refractivity contribution in [1.29, 1.82) is 0 Å². The Hall–Kier alpha value is -3.47. The van der Waals surface area contributed by atoms with Gasteiger partial charge in [0, 0.05) is 55.7 Å². The van der Waals surface area contributed by atoms with Crippen LogP contribution < -0.4 is 10.2 Å². The summed E-state index contributed by atoms with van der Waals surface area (Å²) in [4.78, 5) is 14.1. The monoisotopic (exact) mass is 499 g/mol. The van der Waals surface area contributed by atoms with Gasteiger partial charge in [-0.25, -0.2) is 9.97 Å². The van der Waals surface area contributed by atoms with Gasteiger partial charge in [-0.1, -0.05) is 16.8 Å². The topological polar surface area (TPSA) is 84.9 Å². The molecule has 0 aliphatic carbocycles. The average Bonchev–Trinajstić information content (AvgIpc) is 3.45. The number of benzene rings is 1. The molecule has 1 fully saturated rings. The van der Waals surface area contributed by atoms with Crippen LogP contribution in [0, 0.1) is 19.8 Å². The molecular weight excluding hydrogens is 471 g/mol. The number of alkyl halides is 3. The minimum atomic E-state index is -4.68. The molecule has 1 N–H and O–H groups in total. The Bertz CT molecular complexity index is 1350. The van der Waals surface area contributed by atoms with E-state index in [1.165, 1.54) is 40.1 Å². The highest BCUT2D eigenvalue weighted by Gasteiger charge is 2.38. The van der Waals surface area contributed by atoms with Crippen LogP contribution >= 0.6 is 0 Å². The third kappa shape index (κ3) is 4.79. The van der Waals surface area contributed by atoms with Crippen LogP contribution in [0.1, 0.15) is 35.6 Å². The first-order chi connectivity index (χ1) is 17.2. The van der Waals surface area contributed by atoms with E-state index in [1.807, 2.05) is 0 Å². The van der Waals surface area contributed by atoms with Crippen molar-refractivity contribution in [3.63, 3.8) is 0 Å². The maximum atomic E-state index is 12.7. The van der Waals surface area contributed by atoms with Crippen LogP contribution in [0.25, 0.3) is 22.3 Å². The molecule has 190 valence electrons. The van der Waals surface area contributed by atoms with Crippen LogP contribution in [-0.2, 0) is 19.8 Å². The van der Waals surface area contributed by atoms with Gasteiger partial charge in [-0.3, -0.25) is 0 Å². The van der Waals surface area contributed by atoms with Crippen LogP contribution in [0.15, 0.2) is 35.1 Å². The highest BCUT2D eigenvalue weighted by molar-refractivity contribution is 5.86. The van der Waals surface area contributed by atoms with E-state index < -0.39 is 12.1 Å². The fourth-order valence-electron chi connectivity index (χ4n) is 4.78. The second-order valence-corrected chi connectivity index (χ2v) is 9.40. The first-order valence-electron chi connectivity index (χ1n) is 11.9. The number of nitrogens with one attached hydrogen (secondary N) is 1. The van der Waals surface area contributed by atoms with Gasteiger partial charge in [0.05, 0.1) is 5.56 Å². The highest BCUT2D eigenvalue weighted by Crippen LogP contribution is 2.30. The summed E-state index contributed by atoms with van der Waals surface area (Å²) < 4.78 is 44.6. The third-order valence-corrected chi connectivity index (χ3v) is 6.98. The smallest absolute Gasteiger partial charge is 0.348 e. The zero-order valence-corrected chi connectivity index (χ0v) is 20.4. The number of halogens is 3. The van der Waals surface area contributed by atoms with Crippen molar-refractivity contribution < 1.29 is 17.7 Å². The fourth-order valence-corrected chi connectivity index (χ4v) is 4.78. The third-order valence-electron chi connectivity index (χ3n) is 6.98. The standard InChI is InChI=1S/C25H28F3N7O/c1-15-4-5-21-19(10-15)20(16(2)34(21)3)14-29-11-17-6-8-35(9-7-17)24-30-12-18(13-31-24)22-32-23(36-33-22)25(26,27)28/h4-5,10,12-13,17,29H,6-9,11,14H2,1-3H3. The molecule has 11 heteroatoms. The Morgan fingerprint density at radius 2 is 1.83 bits per heavy atom. The van der Waals surface area contributed by atoms with Gasteiger partial charge in [0.15, 0.2) is 0 Å². The summed E-state index contributed by atoms with van der Waals surface area (Å²) in [5.41, 5.74) is 5.44. The summed E-state index contributed by atoms with van der Waals surface area (Å²) in [6.07, 6.45) is 0.180. The summed E-state index contributed by atoms with van der Waals surface area (Å²) in [5, 5.41) is 8.35. The minimum Gasteiger partial charge on any atom is -0.348 e. The molecule has 0 saturated carbocycles. The molecule has 3 aromatic heterocycles. The number of nitrogens with zero attached hydrogens (tertiary/aromatic N) is 6. The van der Waals surface area contributed by atoms with Gasteiger partial charge >= 0.3 is 12.1 Å².